The molecule has 0 saturated carbocycles. The van der Waals surface area contributed by atoms with Gasteiger partial charge in [0.25, 0.3) is 0 Å². The van der Waals surface area contributed by atoms with Gasteiger partial charge in [0.1, 0.15) is 12.3 Å². The van der Waals surface area contributed by atoms with Crippen molar-refractivity contribution in [2.24, 2.45) is 0 Å². The molecule has 36 heavy (non-hydrogen) atoms. The molecule has 0 aliphatic carbocycles. The number of halogens is 1. The van der Waals surface area contributed by atoms with Gasteiger partial charge in [0, 0.05) is 66.6 Å². The summed E-state index contributed by atoms with van der Waals surface area (Å²) in [5.74, 6) is 2.99. The molecule has 4 heterocycles. The van der Waals surface area contributed by atoms with Gasteiger partial charge in [-0.15, -0.1) is 0 Å². The van der Waals surface area contributed by atoms with Gasteiger partial charge in [-0.1, -0.05) is 6.07 Å². The van der Waals surface area contributed by atoms with E-state index >= 15 is 0 Å². The van der Waals surface area contributed by atoms with Gasteiger partial charge < -0.3 is 23.7 Å². The molecule has 8 nitrogen and oxygen atoms in total. The predicted molar refractivity (Wildman–Crippen MR) is 138 cm³/mol. The maximum absolute atomic E-state index is 13.1. The molecule has 0 bridgehead atoms. The van der Waals surface area contributed by atoms with E-state index in [1.54, 1.807) is 6.20 Å². The predicted octanol–water partition coefficient (Wildman–Crippen LogP) is 4.66. The van der Waals surface area contributed by atoms with Gasteiger partial charge in [0.05, 0.1) is 0 Å². The summed E-state index contributed by atoms with van der Waals surface area (Å²) >= 11 is 3.38. The van der Waals surface area contributed by atoms with Gasteiger partial charge in [0.15, 0.2) is 11.5 Å². The summed E-state index contributed by atoms with van der Waals surface area (Å²) in [7, 11) is 0. The van der Waals surface area contributed by atoms with Crippen molar-refractivity contribution in [1.29, 1.82) is 0 Å². The standard InChI is InChI=1S/C27H25BrN4O4/c28-21-2-6-26(29-15-21)36-22-3-4-23-20(14-22)7-8-32(23)17-27(33)31-11-9-30(10-12-31)16-19-1-5-24-25(13-19)35-18-34-24/h1-8,13-15H,9-12,16-18H2. The number of carbonyl (C=O) groups excluding carboxylic acids is 1. The lowest BCUT2D eigenvalue weighted by Gasteiger charge is -2.35. The molecule has 0 spiro atoms. The van der Waals surface area contributed by atoms with Crippen LogP contribution in [0.2, 0.25) is 0 Å². The number of carbonyl (C=O) groups is 1. The Kier molecular flexibility index (Phi) is 6.25. The van der Waals surface area contributed by atoms with Gasteiger partial charge in [-0.2, -0.15) is 0 Å². The number of nitrogens with zero attached hydrogens (tertiary/aromatic N) is 4. The van der Waals surface area contributed by atoms with Crippen molar-refractivity contribution >= 4 is 32.7 Å². The van der Waals surface area contributed by atoms with Crippen LogP contribution in [0.25, 0.3) is 10.9 Å². The van der Waals surface area contributed by atoms with E-state index in [2.05, 4.69) is 31.9 Å². The number of piperazine rings is 1. The van der Waals surface area contributed by atoms with Crippen LogP contribution < -0.4 is 14.2 Å². The normalized spacial score (nSPS) is 15.4. The Balaban J connectivity index is 1.04. The third-order valence-corrected chi connectivity index (χ3v) is 7.01. The zero-order valence-electron chi connectivity index (χ0n) is 19.6. The van der Waals surface area contributed by atoms with Crippen molar-refractivity contribution in [3.05, 3.63) is 77.0 Å². The molecule has 2 aromatic heterocycles. The minimum Gasteiger partial charge on any atom is -0.454 e. The molecule has 184 valence electrons. The molecule has 1 amide bonds. The highest BCUT2D eigenvalue weighted by molar-refractivity contribution is 9.10. The van der Waals surface area contributed by atoms with Gasteiger partial charge >= 0.3 is 0 Å². The van der Waals surface area contributed by atoms with Crippen molar-refractivity contribution < 1.29 is 19.0 Å². The molecule has 0 radical (unpaired) electrons. The van der Waals surface area contributed by atoms with Crippen LogP contribution in [0.15, 0.2) is 71.5 Å². The van der Waals surface area contributed by atoms with Crippen molar-refractivity contribution in [2.75, 3.05) is 33.0 Å². The van der Waals surface area contributed by atoms with Crippen molar-refractivity contribution in [2.45, 2.75) is 13.1 Å². The lowest BCUT2D eigenvalue weighted by Crippen LogP contribution is -2.49. The number of rotatable bonds is 6. The topological polar surface area (TPSA) is 69.1 Å². The minimum absolute atomic E-state index is 0.134. The van der Waals surface area contributed by atoms with Crippen molar-refractivity contribution in [3.8, 4) is 23.1 Å². The summed E-state index contributed by atoms with van der Waals surface area (Å²) in [6.45, 7) is 4.58. The smallest absolute Gasteiger partial charge is 0.242 e. The van der Waals surface area contributed by atoms with E-state index in [-0.39, 0.29) is 12.7 Å². The largest absolute Gasteiger partial charge is 0.454 e. The fourth-order valence-corrected chi connectivity index (χ4v) is 4.86. The molecule has 2 aliphatic rings. The van der Waals surface area contributed by atoms with Crippen LogP contribution in [0, 0.1) is 0 Å². The Morgan fingerprint density at radius 2 is 1.83 bits per heavy atom. The molecule has 2 aliphatic heterocycles. The minimum atomic E-state index is 0.134. The summed E-state index contributed by atoms with van der Waals surface area (Å²) in [6.07, 6.45) is 3.66. The molecular weight excluding hydrogens is 524 g/mol. The Hall–Kier alpha value is -3.56. The first-order valence-corrected chi connectivity index (χ1v) is 12.7. The van der Waals surface area contributed by atoms with Crippen LogP contribution in [0.4, 0.5) is 0 Å². The van der Waals surface area contributed by atoms with Crippen LogP contribution >= 0.6 is 15.9 Å². The number of fused-ring (bicyclic) bond motifs is 2. The maximum Gasteiger partial charge on any atom is 0.242 e. The SMILES string of the molecule is O=C(Cn1ccc2cc(Oc3ccc(Br)cn3)ccc21)N1CCN(Cc2ccc3c(c2)OCO3)CC1. The van der Waals surface area contributed by atoms with Gasteiger partial charge in [0.2, 0.25) is 18.6 Å². The first-order chi connectivity index (χ1) is 17.6. The van der Waals surface area contributed by atoms with E-state index in [9.17, 15) is 4.79 Å². The second kappa shape index (κ2) is 9.83. The van der Waals surface area contributed by atoms with Crippen LogP contribution in [-0.4, -0.2) is 58.2 Å². The molecule has 0 atom stereocenters. The Morgan fingerprint density at radius 1 is 0.972 bits per heavy atom. The lowest BCUT2D eigenvalue weighted by atomic mass is 10.1. The van der Waals surface area contributed by atoms with E-state index in [4.69, 9.17) is 14.2 Å². The Bertz CT molecular complexity index is 1400. The lowest BCUT2D eigenvalue weighted by molar-refractivity contribution is -0.133. The zero-order chi connectivity index (χ0) is 24.5. The monoisotopic (exact) mass is 548 g/mol. The molecule has 1 saturated heterocycles. The highest BCUT2D eigenvalue weighted by Gasteiger charge is 2.22. The number of hydrogen-bond donors (Lipinski definition) is 0. The van der Waals surface area contributed by atoms with Crippen LogP contribution in [0.3, 0.4) is 0 Å². The highest BCUT2D eigenvalue weighted by atomic mass is 79.9. The molecule has 0 unspecified atom stereocenters. The summed E-state index contributed by atoms with van der Waals surface area (Å²) in [5.41, 5.74) is 2.19. The average molecular weight is 549 g/mol. The van der Waals surface area contributed by atoms with Crippen molar-refractivity contribution in [3.63, 3.8) is 0 Å². The van der Waals surface area contributed by atoms with E-state index < -0.39 is 0 Å². The summed E-state index contributed by atoms with van der Waals surface area (Å²) in [5, 5.41) is 1.02. The number of hydrogen-bond acceptors (Lipinski definition) is 6. The molecule has 9 heteroatoms. The maximum atomic E-state index is 13.1. The molecule has 2 aromatic carbocycles. The summed E-state index contributed by atoms with van der Waals surface area (Å²) < 4.78 is 19.6. The highest BCUT2D eigenvalue weighted by Crippen LogP contribution is 2.33. The van der Waals surface area contributed by atoms with Crippen molar-refractivity contribution in [1.82, 2.24) is 19.4 Å². The molecular formula is C27H25BrN4O4. The number of ether oxygens (including phenoxy) is 3. The molecule has 1 fully saturated rings. The van der Waals surface area contributed by atoms with Crippen LogP contribution in [-0.2, 0) is 17.9 Å². The van der Waals surface area contributed by atoms with Gasteiger partial charge in [-0.05, 0) is 64.0 Å². The van der Waals surface area contributed by atoms with E-state index in [1.165, 1.54) is 5.56 Å². The first kappa shape index (κ1) is 22.9. The molecule has 4 aromatic rings. The van der Waals surface area contributed by atoms with Crippen LogP contribution in [0.1, 0.15) is 5.56 Å². The number of amides is 1. The summed E-state index contributed by atoms with van der Waals surface area (Å²) in [6, 6.07) is 17.7. The number of pyridine rings is 1. The first-order valence-electron chi connectivity index (χ1n) is 11.9. The van der Waals surface area contributed by atoms with E-state index in [0.29, 0.717) is 18.2 Å². The quantitative estimate of drug-likeness (QED) is 0.349. The fraction of sp³-hybridized carbons (Fsp3) is 0.259. The van der Waals surface area contributed by atoms with E-state index in [1.807, 2.05) is 64.2 Å². The average Bonchev–Trinajstić information content (AvgIpc) is 3.52. The Morgan fingerprint density at radius 3 is 2.67 bits per heavy atom. The second-order valence-corrected chi connectivity index (χ2v) is 9.84. The summed E-state index contributed by atoms with van der Waals surface area (Å²) in [4.78, 5) is 21.6. The number of aromatic nitrogens is 2. The third-order valence-electron chi connectivity index (χ3n) is 6.54. The molecule has 6 rings (SSSR count). The van der Waals surface area contributed by atoms with E-state index in [0.717, 1.165) is 59.6 Å². The fourth-order valence-electron chi connectivity index (χ4n) is 4.62. The zero-order valence-corrected chi connectivity index (χ0v) is 21.2. The third kappa shape index (κ3) is 4.89. The van der Waals surface area contributed by atoms with Crippen LogP contribution in [0.5, 0.6) is 23.1 Å². The van der Waals surface area contributed by atoms with Gasteiger partial charge in [-0.25, -0.2) is 4.98 Å². The number of benzene rings is 2. The van der Waals surface area contributed by atoms with Gasteiger partial charge in [-0.3, -0.25) is 9.69 Å². The second-order valence-electron chi connectivity index (χ2n) is 8.93. The molecule has 0 N–H and O–H groups in total. The Labute approximate surface area is 217 Å².